The van der Waals surface area contributed by atoms with E-state index < -0.39 is 0 Å². The third-order valence-electron chi connectivity index (χ3n) is 2.65. The molecule has 0 radical (unpaired) electrons. The molecule has 5 heteroatoms. The molecule has 0 aliphatic rings. The van der Waals surface area contributed by atoms with Crippen LogP contribution in [0, 0.1) is 0 Å². The summed E-state index contributed by atoms with van der Waals surface area (Å²) in [6.45, 7) is 3.99. The van der Waals surface area contributed by atoms with Crippen molar-refractivity contribution in [3.05, 3.63) is 39.7 Å². The van der Waals surface area contributed by atoms with E-state index in [0.29, 0.717) is 0 Å². The van der Waals surface area contributed by atoms with Crippen molar-refractivity contribution in [2.45, 2.75) is 19.8 Å². The van der Waals surface area contributed by atoms with Gasteiger partial charge in [0.2, 0.25) is 0 Å². The first kappa shape index (κ1) is 14.2. The van der Waals surface area contributed by atoms with Crippen LogP contribution in [-0.2, 0) is 6.42 Å². The molecule has 0 aliphatic carbocycles. The summed E-state index contributed by atoms with van der Waals surface area (Å²) in [6, 6.07) is 8.05. The maximum Gasteiger partial charge on any atom is 0.127 e. The molecule has 0 unspecified atom stereocenters. The monoisotopic (exact) mass is 295 g/mol. The molecule has 0 amide bonds. The lowest BCUT2D eigenvalue weighted by Gasteiger charge is -2.08. The molecule has 0 fully saturated rings. The van der Waals surface area contributed by atoms with Gasteiger partial charge in [-0.1, -0.05) is 18.5 Å². The highest BCUT2D eigenvalue weighted by atomic mass is 35.5. The molecule has 0 spiro atoms. The molecule has 2 N–H and O–H groups in total. The predicted octanol–water partition coefficient (Wildman–Crippen LogP) is 4.27. The fraction of sp³-hybridized carbons (Fsp3) is 0.357. The van der Waals surface area contributed by atoms with Crippen LogP contribution in [0.1, 0.15) is 18.2 Å². The maximum atomic E-state index is 5.91. The standard InChI is InChI=1S/C14H18ClN3S/c1-2-7-17-14-10-11(5-8-18-14)16-9-6-12-3-4-13(15)19-12/h3-5,8,10H,2,6-7,9H2,1H3,(H2,16,17,18). The molecular formula is C14H18ClN3S. The number of aromatic nitrogens is 1. The van der Waals surface area contributed by atoms with Crippen molar-refractivity contribution in [3.63, 3.8) is 0 Å². The summed E-state index contributed by atoms with van der Waals surface area (Å²) in [5.41, 5.74) is 1.09. The number of rotatable bonds is 7. The van der Waals surface area contributed by atoms with Crippen LogP contribution in [-0.4, -0.2) is 18.1 Å². The summed E-state index contributed by atoms with van der Waals surface area (Å²) in [7, 11) is 0. The smallest absolute Gasteiger partial charge is 0.127 e. The van der Waals surface area contributed by atoms with Crippen LogP contribution in [0.4, 0.5) is 11.5 Å². The zero-order valence-electron chi connectivity index (χ0n) is 10.9. The number of anilines is 2. The number of hydrogen-bond acceptors (Lipinski definition) is 4. The van der Waals surface area contributed by atoms with Gasteiger partial charge >= 0.3 is 0 Å². The van der Waals surface area contributed by atoms with Gasteiger partial charge < -0.3 is 10.6 Å². The van der Waals surface area contributed by atoms with Crippen LogP contribution in [0.25, 0.3) is 0 Å². The minimum Gasteiger partial charge on any atom is -0.385 e. The topological polar surface area (TPSA) is 37.0 Å². The van der Waals surface area contributed by atoms with Crippen molar-refractivity contribution in [1.29, 1.82) is 0 Å². The Morgan fingerprint density at radius 2 is 2.11 bits per heavy atom. The molecule has 3 nitrogen and oxygen atoms in total. The lowest BCUT2D eigenvalue weighted by molar-refractivity contribution is 0.968. The summed E-state index contributed by atoms with van der Waals surface area (Å²) >= 11 is 7.55. The molecule has 0 atom stereocenters. The predicted molar refractivity (Wildman–Crippen MR) is 84.5 cm³/mol. The molecule has 2 rings (SSSR count). The van der Waals surface area contributed by atoms with Crippen LogP contribution in [0.2, 0.25) is 4.34 Å². The quantitative estimate of drug-likeness (QED) is 0.801. The van der Waals surface area contributed by atoms with Gasteiger partial charge in [-0.25, -0.2) is 4.98 Å². The van der Waals surface area contributed by atoms with Gasteiger partial charge in [-0.3, -0.25) is 0 Å². The van der Waals surface area contributed by atoms with Crippen molar-refractivity contribution in [2.75, 3.05) is 23.7 Å². The number of halogens is 1. The Morgan fingerprint density at radius 1 is 1.21 bits per heavy atom. The average molecular weight is 296 g/mol. The second-order valence-electron chi connectivity index (χ2n) is 4.24. The lowest BCUT2D eigenvalue weighted by atomic mass is 10.3. The molecule has 0 saturated carbocycles. The summed E-state index contributed by atoms with van der Waals surface area (Å²) < 4.78 is 0.852. The van der Waals surface area contributed by atoms with Gasteiger partial charge in [-0.05, 0) is 31.0 Å². The molecule has 0 aromatic carbocycles. The summed E-state index contributed by atoms with van der Waals surface area (Å²) in [4.78, 5) is 5.58. The third kappa shape index (κ3) is 4.73. The molecule has 2 aromatic rings. The van der Waals surface area contributed by atoms with Crippen LogP contribution in [0.15, 0.2) is 30.5 Å². The van der Waals surface area contributed by atoms with Crippen molar-refractivity contribution in [1.82, 2.24) is 4.98 Å². The Balaban J connectivity index is 1.82. The first-order chi connectivity index (χ1) is 9.28. The van der Waals surface area contributed by atoms with E-state index in [-0.39, 0.29) is 0 Å². The van der Waals surface area contributed by atoms with Crippen molar-refractivity contribution < 1.29 is 0 Å². The molecule has 19 heavy (non-hydrogen) atoms. The zero-order chi connectivity index (χ0) is 13.5. The highest BCUT2D eigenvalue weighted by Gasteiger charge is 1.99. The van der Waals surface area contributed by atoms with Crippen molar-refractivity contribution in [2.24, 2.45) is 0 Å². The van der Waals surface area contributed by atoms with Crippen LogP contribution in [0.5, 0.6) is 0 Å². The minimum absolute atomic E-state index is 0.852. The zero-order valence-corrected chi connectivity index (χ0v) is 12.5. The van der Waals surface area contributed by atoms with Crippen molar-refractivity contribution >= 4 is 34.4 Å². The summed E-state index contributed by atoms with van der Waals surface area (Å²) in [5, 5.41) is 6.68. The maximum absolute atomic E-state index is 5.91. The van der Waals surface area contributed by atoms with E-state index >= 15 is 0 Å². The molecule has 0 aliphatic heterocycles. The Hall–Kier alpha value is -1.26. The Labute approximate surface area is 123 Å². The van der Waals surface area contributed by atoms with E-state index in [0.717, 1.165) is 41.8 Å². The van der Waals surface area contributed by atoms with E-state index in [1.54, 1.807) is 11.3 Å². The number of thiophene rings is 1. The van der Waals surface area contributed by atoms with Crippen LogP contribution < -0.4 is 10.6 Å². The van der Waals surface area contributed by atoms with E-state index in [4.69, 9.17) is 11.6 Å². The van der Waals surface area contributed by atoms with Gasteiger partial charge in [-0.15, -0.1) is 11.3 Å². The van der Waals surface area contributed by atoms with E-state index in [9.17, 15) is 0 Å². The van der Waals surface area contributed by atoms with Crippen LogP contribution in [0.3, 0.4) is 0 Å². The largest absolute Gasteiger partial charge is 0.385 e. The molecule has 102 valence electrons. The number of hydrogen-bond donors (Lipinski definition) is 2. The SMILES string of the molecule is CCCNc1cc(NCCc2ccc(Cl)s2)ccn1. The van der Waals surface area contributed by atoms with Gasteiger partial charge in [0.1, 0.15) is 5.82 Å². The average Bonchev–Trinajstić information content (AvgIpc) is 2.83. The van der Waals surface area contributed by atoms with Gasteiger partial charge in [0.05, 0.1) is 4.34 Å². The van der Waals surface area contributed by atoms with Gasteiger partial charge in [0, 0.05) is 35.9 Å². The van der Waals surface area contributed by atoms with Gasteiger partial charge in [-0.2, -0.15) is 0 Å². The fourth-order valence-electron chi connectivity index (χ4n) is 1.71. The Morgan fingerprint density at radius 3 is 2.84 bits per heavy atom. The Bertz CT molecular complexity index is 513. The number of pyridine rings is 1. The van der Waals surface area contributed by atoms with Gasteiger partial charge in [0.25, 0.3) is 0 Å². The van der Waals surface area contributed by atoms with Crippen LogP contribution >= 0.6 is 22.9 Å². The minimum atomic E-state index is 0.852. The number of nitrogens with zero attached hydrogens (tertiary/aromatic N) is 1. The fourth-order valence-corrected chi connectivity index (χ4v) is 2.79. The molecule has 0 saturated heterocycles. The summed E-state index contributed by atoms with van der Waals surface area (Å²) in [5.74, 6) is 0.922. The number of nitrogens with one attached hydrogen (secondary N) is 2. The van der Waals surface area contributed by atoms with E-state index in [2.05, 4.69) is 28.6 Å². The normalized spacial score (nSPS) is 10.4. The van der Waals surface area contributed by atoms with E-state index in [1.165, 1.54) is 4.88 Å². The highest BCUT2D eigenvalue weighted by molar-refractivity contribution is 7.16. The second kappa shape index (κ2) is 7.36. The molecular weight excluding hydrogens is 278 g/mol. The lowest BCUT2D eigenvalue weighted by Crippen LogP contribution is -2.06. The van der Waals surface area contributed by atoms with Crippen molar-refractivity contribution in [3.8, 4) is 0 Å². The summed E-state index contributed by atoms with van der Waals surface area (Å²) in [6.07, 6.45) is 3.90. The Kier molecular flexibility index (Phi) is 5.48. The van der Waals surface area contributed by atoms with E-state index in [1.807, 2.05) is 24.4 Å². The first-order valence-electron chi connectivity index (χ1n) is 6.46. The molecule has 2 aromatic heterocycles. The first-order valence-corrected chi connectivity index (χ1v) is 7.65. The molecule has 0 bridgehead atoms. The molecule has 2 heterocycles. The van der Waals surface area contributed by atoms with Gasteiger partial charge in [0.15, 0.2) is 0 Å². The third-order valence-corrected chi connectivity index (χ3v) is 3.94. The second-order valence-corrected chi connectivity index (χ2v) is 6.04. The highest BCUT2D eigenvalue weighted by Crippen LogP contribution is 2.21.